The molecule has 3 aliphatic rings. The predicted octanol–water partition coefficient (Wildman–Crippen LogP) is 1.55. The van der Waals surface area contributed by atoms with E-state index in [4.69, 9.17) is 18.9 Å². The van der Waals surface area contributed by atoms with E-state index in [2.05, 4.69) is 4.74 Å². The van der Waals surface area contributed by atoms with Crippen LogP contribution < -0.4 is 0 Å². The first-order valence-electron chi connectivity index (χ1n) is 8.89. The van der Waals surface area contributed by atoms with Crippen LogP contribution >= 0.6 is 0 Å². The number of carbonyl (C=O) groups excluding carboxylic acids is 2. The standard InChI is InChI=1S/C19H22O7/c1-22-15(20)9-12-7-8-13-17(24-12)16(21)18-14(25-13)10-23-19(26-18)11-5-3-2-4-6-11/h2-6,12-14,17-19H,7-10H2,1H3/t12?,13-,14-,17-,18+,19?/m0/s1. The third-order valence-corrected chi connectivity index (χ3v) is 5.07. The number of rotatable bonds is 3. The summed E-state index contributed by atoms with van der Waals surface area (Å²) >= 11 is 0. The van der Waals surface area contributed by atoms with E-state index < -0.39 is 24.6 Å². The second-order valence-corrected chi connectivity index (χ2v) is 6.78. The highest BCUT2D eigenvalue weighted by molar-refractivity contribution is 5.89. The van der Waals surface area contributed by atoms with Gasteiger partial charge in [0.1, 0.15) is 12.2 Å². The molecule has 0 saturated carbocycles. The molecule has 4 rings (SSSR count). The summed E-state index contributed by atoms with van der Waals surface area (Å²) in [5.74, 6) is -0.480. The topological polar surface area (TPSA) is 80.3 Å². The molecule has 0 bridgehead atoms. The van der Waals surface area contributed by atoms with Gasteiger partial charge in [-0.15, -0.1) is 0 Å². The molecule has 0 aliphatic carbocycles. The van der Waals surface area contributed by atoms with Crippen LogP contribution in [0.15, 0.2) is 30.3 Å². The third-order valence-electron chi connectivity index (χ3n) is 5.07. The van der Waals surface area contributed by atoms with Crippen molar-refractivity contribution >= 4 is 11.8 Å². The maximum atomic E-state index is 13.0. The normalized spacial score (nSPS) is 36.7. The summed E-state index contributed by atoms with van der Waals surface area (Å²) in [4.78, 5) is 24.5. The molecule has 0 amide bonds. The molecule has 6 atom stereocenters. The molecular formula is C19H22O7. The Labute approximate surface area is 151 Å². The maximum Gasteiger partial charge on any atom is 0.308 e. The minimum absolute atomic E-state index is 0.134. The van der Waals surface area contributed by atoms with Crippen molar-refractivity contribution in [1.29, 1.82) is 0 Å². The molecule has 3 aliphatic heterocycles. The van der Waals surface area contributed by atoms with Crippen LogP contribution in [0.5, 0.6) is 0 Å². The van der Waals surface area contributed by atoms with Crippen LogP contribution in [0.3, 0.4) is 0 Å². The van der Waals surface area contributed by atoms with E-state index in [1.807, 2.05) is 30.3 Å². The highest BCUT2D eigenvalue weighted by atomic mass is 16.7. The smallest absolute Gasteiger partial charge is 0.308 e. The van der Waals surface area contributed by atoms with E-state index in [-0.39, 0.29) is 30.4 Å². The van der Waals surface area contributed by atoms with Gasteiger partial charge in [-0.25, -0.2) is 0 Å². The van der Waals surface area contributed by atoms with Gasteiger partial charge in [0.25, 0.3) is 0 Å². The highest BCUT2D eigenvalue weighted by Crippen LogP contribution is 2.36. The average molecular weight is 362 g/mol. The summed E-state index contributed by atoms with van der Waals surface area (Å²) in [6, 6.07) is 9.48. The molecule has 1 aromatic rings. The molecule has 0 aromatic heterocycles. The number of Topliss-reactive ketones (excluding diaryl/α,β-unsaturated/α-hetero) is 1. The summed E-state index contributed by atoms with van der Waals surface area (Å²) < 4.78 is 28.2. The first-order valence-corrected chi connectivity index (χ1v) is 8.89. The first-order chi connectivity index (χ1) is 12.7. The summed E-state index contributed by atoms with van der Waals surface area (Å²) in [5, 5.41) is 0. The number of benzene rings is 1. The van der Waals surface area contributed by atoms with Crippen LogP contribution in [-0.4, -0.2) is 56.0 Å². The van der Waals surface area contributed by atoms with Crippen LogP contribution in [0.4, 0.5) is 0 Å². The Morgan fingerprint density at radius 2 is 1.85 bits per heavy atom. The number of fused-ring (bicyclic) bond motifs is 2. The summed E-state index contributed by atoms with van der Waals surface area (Å²) in [6.07, 6.45) is -1.69. The van der Waals surface area contributed by atoms with E-state index in [1.54, 1.807) is 0 Å². The van der Waals surface area contributed by atoms with Crippen LogP contribution in [0.1, 0.15) is 31.1 Å². The lowest BCUT2D eigenvalue weighted by atomic mass is 9.89. The Morgan fingerprint density at radius 1 is 1.08 bits per heavy atom. The van der Waals surface area contributed by atoms with E-state index in [0.29, 0.717) is 19.4 Å². The zero-order valence-corrected chi connectivity index (χ0v) is 14.5. The fraction of sp³-hybridized carbons (Fsp3) is 0.579. The van der Waals surface area contributed by atoms with E-state index in [1.165, 1.54) is 7.11 Å². The van der Waals surface area contributed by atoms with Crippen molar-refractivity contribution in [2.75, 3.05) is 13.7 Å². The Bertz CT molecular complexity index is 661. The number of hydrogen-bond donors (Lipinski definition) is 0. The van der Waals surface area contributed by atoms with E-state index in [0.717, 1.165) is 5.56 Å². The molecule has 1 aromatic carbocycles. The number of methoxy groups -OCH3 is 1. The van der Waals surface area contributed by atoms with Gasteiger partial charge in [0, 0.05) is 5.56 Å². The fourth-order valence-electron chi connectivity index (χ4n) is 3.74. The molecule has 3 saturated heterocycles. The fourth-order valence-corrected chi connectivity index (χ4v) is 3.74. The molecule has 26 heavy (non-hydrogen) atoms. The number of ether oxygens (including phenoxy) is 5. The Hall–Kier alpha value is -1.80. The van der Waals surface area contributed by atoms with Crippen LogP contribution in [-0.2, 0) is 33.3 Å². The van der Waals surface area contributed by atoms with Crippen molar-refractivity contribution in [3.8, 4) is 0 Å². The van der Waals surface area contributed by atoms with Crippen molar-refractivity contribution < 1.29 is 33.3 Å². The monoisotopic (exact) mass is 362 g/mol. The zero-order chi connectivity index (χ0) is 18.1. The Kier molecular flexibility index (Phi) is 5.04. The second-order valence-electron chi connectivity index (χ2n) is 6.78. The molecule has 0 spiro atoms. The largest absolute Gasteiger partial charge is 0.469 e. The molecule has 140 valence electrons. The molecule has 0 radical (unpaired) electrons. The molecule has 3 fully saturated rings. The van der Waals surface area contributed by atoms with Gasteiger partial charge in [-0.3, -0.25) is 9.59 Å². The molecular weight excluding hydrogens is 340 g/mol. The van der Waals surface area contributed by atoms with Gasteiger partial charge in [-0.1, -0.05) is 30.3 Å². The Balaban J connectivity index is 1.45. The third kappa shape index (κ3) is 3.40. The molecule has 0 N–H and O–H groups in total. The molecule has 7 nitrogen and oxygen atoms in total. The first kappa shape index (κ1) is 17.6. The van der Waals surface area contributed by atoms with Crippen molar-refractivity contribution in [2.45, 2.75) is 56.1 Å². The quantitative estimate of drug-likeness (QED) is 0.755. The van der Waals surface area contributed by atoms with Gasteiger partial charge in [-0.2, -0.15) is 0 Å². The number of carbonyl (C=O) groups is 2. The van der Waals surface area contributed by atoms with E-state index in [9.17, 15) is 9.59 Å². The molecule has 2 unspecified atom stereocenters. The van der Waals surface area contributed by atoms with Gasteiger partial charge >= 0.3 is 5.97 Å². The highest BCUT2D eigenvalue weighted by Gasteiger charge is 2.51. The van der Waals surface area contributed by atoms with Gasteiger partial charge in [0.05, 0.1) is 32.3 Å². The SMILES string of the molecule is COC(=O)CC1CC[C@@H]2O[C@H]3COC(c4ccccc4)O[C@H]3C(=O)[C@H]2O1. The van der Waals surface area contributed by atoms with Crippen molar-refractivity contribution in [3.05, 3.63) is 35.9 Å². The number of ketones is 1. The Morgan fingerprint density at radius 3 is 2.62 bits per heavy atom. The lowest BCUT2D eigenvalue weighted by Crippen LogP contribution is -2.62. The number of hydrogen-bond acceptors (Lipinski definition) is 7. The summed E-state index contributed by atoms with van der Waals surface area (Å²) in [5.41, 5.74) is 0.856. The number of esters is 1. The average Bonchev–Trinajstić information content (AvgIpc) is 2.69. The maximum absolute atomic E-state index is 13.0. The van der Waals surface area contributed by atoms with Gasteiger partial charge in [-0.05, 0) is 12.8 Å². The summed E-state index contributed by atoms with van der Waals surface area (Å²) in [7, 11) is 1.34. The molecule has 7 heteroatoms. The van der Waals surface area contributed by atoms with Crippen LogP contribution in [0.2, 0.25) is 0 Å². The van der Waals surface area contributed by atoms with Gasteiger partial charge < -0.3 is 23.7 Å². The van der Waals surface area contributed by atoms with E-state index >= 15 is 0 Å². The second kappa shape index (κ2) is 7.44. The van der Waals surface area contributed by atoms with Crippen molar-refractivity contribution in [1.82, 2.24) is 0 Å². The lowest BCUT2D eigenvalue weighted by Gasteiger charge is -2.46. The minimum Gasteiger partial charge on any atom is -0.469 e. The molecule has 3 heterocycles. The lowest BCUT2D eigenvalue weighted by molar-refractivity contribution is -0.295. The minimum atomic E-state index is -0.730. The van der Waals surface area contributed by atoms with Gasteiger partial charge in [0.15, 0.2) is 18.2 Å². The van der Waals surface area contributed by atoms with Crippen LogP contribution in [0.25, 0.3) is 0 Å². The van der Waals surface area contributed by atoms with Crippen molar-refractivity contribution in [2.24, 2.45) is 0 Å². The predicted molar refractivity (Wildman–Crippen MR) is 88.2 cm³/mol. The zero-order valence-electron chi connectivity index (χ0n) is 14.5. The summed E-state index contributed by atoms with van der Waals surface area (Å²) in [6.45, 7) is 0.296. The van der Waals surface area contributed by atoms with Gasteiger partial charge in [0.2, 0.25) is 0 Å². The van der Waals surface area contributed by atoms with Crippen molar-refractivity contribution in [3.63, 3.8) is 0 Å². The van der Waals surface area contributed by atoms with Crippen LogP contribution in [0, 0.1) is 0 Å².